The SMILES string of the molecule is CN(CC(=O)N1CCN(c2ccccc2[N+](=O)[O-])CC1)Cc1nc2ccccc2s1. The number of benzene rings is 2. The average molecular weight is 426 g/mol. The highest BCUT2D eigenvalue weighted by molar-refractivity contribution is 7.18. The molecule has 1 fully saturated rings. The maximum atomic E-state index is 12.7. The van der Waals surface area contributed by atoms with E-state index in [0.29, 0.717) is 45.0 Å². The Kier molecular flexibility index (Phi) is 5.91. The number of piperazine rings is 1. The smallest absolute Gasteiger partial charge is 0.292 e. The van der Waals surface area contributed by atoms with Gasteiger partial charge in [0.1, 0.15) is 10.7 Å². The molecule has 9 heteroatoms. The third kappa shape index (κ3) is 4.42. The number of thiazole rings is 1. The van der Waals surface area contributed by atoms with Gasteiger partial charge in [-0.05, 0) is 25.2 Å². The van der Waals surface area contributed by atoms with Gasteiger partial charge < -0.3 is 9.80 Å². The molecule has 0 aliphatic carbocycles. The molecule has 0 radical (unpaired) electrons. The number of carbonyl (C=O) groups is 1. The first kappa shape index (κ1) is 20.2. The largest absolute Gasteiger partial charge is 0.362 e. The van der Waals surface area contributed by atoms with E-state index in [-0.39, 0.29) is 16.5 Å². The first-order chi connectivity index (χ1) is 14.5. The zero-order valence-electron chi connectivity index (χ0n) is 16.7. The van der Waals surface area contributed by atoms with Crippen molar-refractivity contribution in [3.05, 3.63) is 63.7 Å². The number of hydrogen-bond donors (Lipinski definition) is 0. The lowest BCUT2D eigenvalue weighted by atomic mass is 10.2. The predicted octanol–water partition coefficient (Wildman–Crippen LogP) is 2.99. The molecule has 3 aromatic rings. The second kappa shape index (κ2) is 8.76. The van der Waals surface area contributed by atoms with Crippen LogP contribution < -0.4 is 4.90 Å². The summed E-state index contributed by atoms with van der Waals surface area (Å²) in [4.78, 5) is 34.1. The molecule has 30 heavy (non-hydrogen) atoms. The van der Waals surface area contributed by atoms with Crippen LogP contribution in [-0.2, 0) is 11.3 Å². The van der Waals surface area contributed by atoms with Crippen molar-refractivity contribution in [2.75, 3.05) is 44.7 Å². The topological polar surface area (TPSA) is 82.8 Å². The van der Waals surface area contributed by atoms with E-state index < -0.39 is 0 Å². The number of para-hydroxylation sites is 3. The summed E-state index contributed by atoms with van der Waals surface area (Å²) < 4.78 is 1.15. The first-order valence-electron chi connectivity index (χ1n) is 9.80. The van der Waals surface area contributed by atoms with Gasteiger partial charge in [0.25, 0.3) is 5.69 Å². The molecule has 0 saturated carbocycles. The fourth-order valence-corrected chi connectivity index (χ4v) is 4.74. The van der Waals surface area contributed by atoms with E-state index in [2.05, 4.69) is 11.1 Å². The van der Waals surface area contributed by atoms with Crippen LogP contribution in [0.25, 0.3) is 10.2 Å². The molecule has 1 amide bonds. The summed E-state index contributed by atoms with van der Waals surface area (Å²) >= 11 is 1.65. The predicted molar refractivity (Wildman–Crippen MR) is 118 cm³/mol. The van der Waals surface area contributed by atoms with Crippen LogP contribution in [0.5, 0.6) is 0 Å². The molecule has 1 saturated heterocycles. The summed E-state index contributed by atoms with van der Waals surface area (Å²) in [6, 6.07) is 14.8. The molecule has 0 bridgehead atoms. The van der Waals surface area contributed by atoms with E-state index in [0.717, 1.165) is 15.2 Å². The molecule has 1 aromatic heterocycles. The van der Waals surface area contributed by atoms with Crippen LogP contribution in [0.4, 0.5) is 11.4 Å². The standard InChI is InChI=1S/C21H23N5O3S/c1-23(14-20-22-16-6-2-5-9-19(16)30-20)15-21(27)25-12-10-24(11-13-25)17-7-3-4-8-18(17)26(28)29/h2-9H,10-15H2,1H3. The second-order valence-electron chi connectivity index (χ2n) is 7.36. The Bertz CT molecular complexity index is 1030. The van der Waals surface area contributed by atoms with Gasteiger partial charge >= 0.3 is 0 Å². The van der Waals surface area contributed by atoms with Crippen molar-refractivity contribution >= 4 is 38.8 Å². The summed E-state index contributed by atoms with van der Waals surface area (Å²) in [5.41, 5.74) is 1.71. The van der Waals surface area contributed by atoms with Gasteiger partial charge in [0.15, 0.2) is 0 Å². The van der Waals surface area contributed by atoms with Gasteiger partial charge in [0.2, 0.25) is 5.91 Å². The minimum absolute atomic E-state index is 0.0702. The van der Waals surface area contributed by atoms with Gasteiger partial charge in [-0.3, -0.25) is 19.8 Å². The lowest BCUT2D eigenvalue weighted by Gasteiger charge is -2.36. The Balaban J connectivity index is 1.31. The molecule has 0 unspecified atom stereocenters. The summed E-state index contributed by atoms with van der Waals surface area (Å²) in [7, 11) is 1.92. The van der Waals surface area contributed by atoms with Gasteiger partial charge in [-0.1, -0.05) is 24.3 Å². The number of amides is 1. The second-order valence-corrected chi connectivity index (χ2v) is 8.48. The number of aromatic nitrogens is 1. The number of fused-ring (bicyclic) bond motifs is 1. The molecular formula is C21H23N5O3S. The van der Waals surface area contributed by atoms with Crippen molar-refractivity contribution in [2.24, 2.45) is 0 Å². The molecule has 1 aliphatic rings. The van der Waals surface area contributed by atoms with Crippen molar-refractivity contribution in [3.63, 3.8) is 0 Å². The Hall–Kier alpha value is -3.04. The van der Waals surface area contributed by atoms with Gasteiger partial charge in [0.05, 0.1) is 28.2 Å². The number of carbonyl (C=O) groups excluding carboxylic acids is 1. The molecule has 156 valence electrons. The van der Waals surface area contributed by atoms with Crippen LogP contribution in [0.3, 0.4) is 0 Å². The normalized spacial score (nSPS) is 14.5. The van der Waals surface area contributed by atoms with Crippen LogP contribution in [-0.4, -0.2) is 65.4 Å². The van der Waals surface area contributed by atoms with Crippen LogP contribution in [0.2, 0.25) is 0 Å². The Morgan fingerprint density at radius 3 is 2.57 bits per heavy atom. The third-order valence-corrected chi connectivity index (χ3v) is 6.22. The maximum absolute atomic E-state index is 12.7. The fourth-order valence-electron chi connectivity index (χ4n) is 3.69. The number of nitro groups is 1. The Morgan fingerprint density at radius 2 is 1.83 bits per heavy atom. The van der Waals surface area contributed by atoms with E-state index in [9.17, 15) is 14.9 Å². The number of anilines is 1. The zero-order chi connectivity index (χ0) is 21.1. The highest BCUT2D eigenvalue weighted by Crippen LogP contribution is 2.28. The van der Waals surface area contributed by atoms with Gasteiger partial charge in [-0.2, -0.15) is 0 Å². The van der Waals surface area contributed by atoms with E-state index in [1.165, 1.54) is 6.07 Å². The number of rotatable bonds is 6. The van der Waals surface area contributed by atoms with Crippen molar-refractivity contribution in [1.82, 2.24) is 14.8 Å². The highest BCUT2D eigenvalue weighted by Gasteiger charge is 2.26. The van der Waals surface area contributed by atoms with Crippen molar-refractivity contribution in [2.45, 2.75) is 6.54 Å². The van der Waals surface area contributed by atoms with Gasteiger partial charge in [-0.25, -0.2) is 4.98 Å². The van der Waals surface area contributed by atoms with Crippen LogP contribution in [0.15, 0.2) is 48.5 Å². The van der Waals surface area contributed by atoms with Crippen LogP contribution in [0.1, 0.15) is 5.01 Å². The summed E-state index contributed by atoms with van der Waals surface area (Å²) in [6.45, 7) is 3.22. The molecule has 0 atom stereocenters. The molecule has 4 rings (SSSR count). The average Bonchev–Trinajstić information content (AvgIpc) is 3.15. The van der Waals surface area contributed by atoms with Crippen LogP contribution >= 0.6 is 11.3 Å². The van der Waals surface area contributed by atoms with Gasteiger partial charge in [0, 0.05) is 32.2 Å². The minimum atomic E-state index is -0.357. The number of likely N-dealkylation sites (N-methyl/N-ethyl adjacent to an activating group) is 1. The number of nitrogens with zero attached hydrogens (tertiary/aromatic N) is 5. The van der Waals surface area contributed by atoms with Gasteiger partial charge in [-0.15, -0.1) is 11.3 Å². The van der Waals surface area contributed by atoms with Crippen molar-refractivity contribution in [3.8, 4) is 0 Å². The zero-order valence-corrected chi connectivity index (χ0v) is 17.5. The Labute approximate surface area is 178 Å². The molecule has 2 heterocycles. The Morgan fingerprint density at radius 1 is 1.13 bits per heavy atom. The van der Waals surface area contributed by atoms with Crippen molar-refractivity contribution in [1.29, 1.82) is 0 Å². The number of hydrogen-bond acceptors (Lipinski definition) is 7. The molecule has 0 spiro atoms. The van der Waals surface area contributed by atoms with Crippen molar-refractivity contribution < 1.29 is 9.72 Å². The highest BCUT2D eigenvalue weighted by atomic mass is 32.1. The lowest BCUT2D eigenvalue weighted by Crippen LogP contribution is -2.51. The summed E-state index contributed by atoms with van der Waals surface area (Å²) in [6.07, 6.45) is 0. The fraction of sp³-hybridized carbons (Fsp3) is 0.333. The molecule has 8 nitrogen and oxygen atoms in total. The quantitative estimate of drug-likeness (QED) is 0.446. The first-order valence-corrected chi connectivity index (χ1v) is 10.6. The summed E-state index contributed by atoms with van der Waals surface area (Å²) in [5.74, 6) is 0.0702. The monoisotopic (exact) mass is 425 g/mol. The van der Waals surface area contributed by atoms with E-state index in [4.69, 9.17) is 0 Å². The maximum Gasteiger partial charge on any atom is 0.292 e. The molecule has 2 aromatic carbocycles. The van der Waals surface area contributed by atoms with Crippen LogP contribution in [0, 0.1) is 10.1 Å². The minimum Gasteiger partial charge on any atom is -0.362 e. The van der Waals surface area contributed by atoms with E-state index >= 15 is 0 Å². The molecule has 0 N–H and O–H groups in total. The molecular weight excluding hydrogens is 402 g/mol. The van der Waals surface area contributed by atoms with E-state index in [1.54, 1.807) is 29.5 Å². The lowest BCUT2D eigenvalue weighted by molar-refractivity contribution is -0.384. The van der Waals surface area contributed by atoms with E-state index in [1.807, 2.05) is 39.9 Å². The number of nitro benzene ring substituents is 1. The third-order valence-electron chi connectivity index (χ3n) is 5.20. The summed E-state index contributed by atoms with van der Waals surface area (Å²) in [5, 5.41) is 12.3. The molecule has 1 aliphatic heterocycles.